The molecule has 0 atom stereocenters. The molecule has 1 aliphatic carbocycles. The predicted molar refractivity (Wildman–Crippen MR) is 105 cm³/mol. The van der Waals surface area contributed by atoms with E-state index in [1.165, 1.54) is 6.33 Å². The highest BCUT2D eigenvalue weighted by molar-refractivity contribution is 6.00. The Bertz CT molecular complexity index is 698. The highest BCUT2D eigenvalue weighted by atomic mass is 35.5. The van der Waals surface area contributed by atoms with E-state index < -0.39 is 0 Å². The number of halogens is 1. The van der Waals surface area contributed by atoms with Crippen LogP contribution >= 0.6 is 12.4 Å². The highest BCUT2D eigenvalue weighted by Gasteiger charge is 2.33. The first-order chi connectivity index (χ1) is 12.8. The van der Waals surface area contributed by atoms with Crippen molar-refractivity contribution in [1.82, 2.24) is 29.8 Å². The minimum Gasteiger partial charge on any atom is -0.314 e. The smallest absolute Gasteiger partial charge is 0.291 e. The fourth-order valence-electron chi connectivity index (χ4n) is 4.09. The zero-order valence-electron chi connectivity index (χ0n) is 15.3. The zero-order chi connectivity index (χ0) is 17.8. The monoisotopic (exact) mass is 391 g/mol. The van der Waals surface area contributed by atoms with Gasteiger partial charge in [0.25, 0.3) is 5.91 Å². The first-order valence-corrected chi connectivity index (χ1v) is 9.35. The van der Waals surface area contributed by atoms with Gasteiger partial charge in [-0.25, -0.2) is 24.6 Å². The van der Waals surface area contributed by atoms with Gasteiger partial charge in [0.15, 0.2) is 0 Å². The van der Waals surface area contributed by atoms with E-state index in [9.17, 15) is 4.79 Å². The number of imidazole rings is 1. The lowest BCUT2D eigenvalue weighted by molar-refractivity contribution is 0.0898. The Morgan fingerprint density at radius 2 is 1.89 bits per heavy atom. The topological polar surface area (TPSA) is 79.2 Å². The van der Waals surface area contributed by atoms with Gasteiger partial charge >= 0.3 is 0 Å². The standard InChI is InChI=1S/C18H25N7O.ClH/c26-18(17-5-6-20-13-22-17)25(24-12-9-21-14-24)16-3-1-15(2-4-16)23-10-7-19-8-11-23;/h5-6,9,12-16,19H,1-4,7-8,10-11H2;1H. The third kappa shape index (κ3) is 4.45. The largest absolute Gasteiger partial charge is 0.314 e. The molecule has 3 heterocycles. The second-order valence-electron chi connectivity index (χ2n) is 6.94. The molecule has 0 unspecified atom stereocenters. The van der Waals surface area contributed by atoms with Gasteiger partial charge in [-0.3, -0.25) is 9.69 Å². The van der Waals surface area contributed by atoms with Crippen LogP contribution in [-0.4, -0.2) is 68.7 Å². The number of aromatic nitrogens is 4. The van der Waals surface area contributed by atoms with Crippen molar-refractivity contribution < 1.29 is 4.79 Å². The first kappa shape index (κ1) is 19.7. The minimum atomic E-state index is -0.101. The van der Waals surface area contributed by atoms with Crippen molar-refractivity contribution in [3.63, 3.8) is 0 Å². The van der Waals surface area contributed by atoms with Crippen LogP contribution in [0, 0.1) is 0 Å². The molecule has 1 amide bonds. The number of amides is 1. The summed E-state index contributed by atoms with van der Waals surface area (Å²) in [4.78, 5) is 27.9. The second kappa shape index (κ2) is 9.25. The maximum atomic E-state index is 13.1. The Kier molecular flexibility index (Phi) is 6.76. The van der Waals surface area contributed by atoms with E-state index in [1.54, 1.807) is 29.5 Å². The molecule has 2 aromatic rings. The summed E-state index contributed by atoms with van der Waals surface area (Å²) in [5, 5.41) is 5.22. The van der Waals surface area contributed by atoms with E-state index in [-0.39, 0.29) is 24.4 Å². The summed E-state index contributed by atoms with van der Waals surface area (Å²) in [7, 11) is 0. The number of carbonyl (C=O) groups is 1. The molecule has 27 heavy (non-hydrogen) atoms. The summed E-state index contributed by atoms with van der Waals surface area (Å²) in [6.07, 6.45) is 12.4. The van der Waals surface area contributed by atoms with Crippen molar-refractivity contribution >= 4 is 18.3 Å². The van der Waals surface area contributed by atoms with Gasteiger partial charge in [-0.05, 0) is 31.7 Å². The number of hydrogen-bond acceptors (Lipinski definition) is 6. The van der Waals surface area contributed by atoms with Gasteiger partial charge in [0.1, 0.15) is 18.3 Å². The summed E-state index contributed by atoms with van der Waals surface area (Å²) in [5.41, 5.74) is 0.415. The van der Waals surface area contributed by atoms with Crippen molar-refractivity contribution in [3.05, 3.63) is 43.0 Å². The first-order valence-electron chi connectivity index (χ1n) is 9.35. The van der Waals surface area contributed by atoms with E-state index in [0.717, 1.165) is 51.9 Å². The molecule has 0 spiro atoms. The summed E-state index contributed by atoms with van der Waals surface area (Å²) in [6, 6.07) is 2.46. The Labute approximate surface area is 165 Å². The van der Waals surface area contributed by atoms with Crippen molar-refractivity contribution in [2.45, 2.75) is 37.8 Å². The predicted octanol–water partition coefficient (Wildman–Crippen LogP) is 1.09. The molecule has 2 fully saturated rings. The van der Waals surface area contributed by atoms with Gasteiger partial charge < -0.3 is 5.32 Å². The van der Waals surface area contributed by atoms with Gasteiger partial charge in [-0.15, -0.1) is 12.4 Å². The quantitative estimate of drug-likeness (QED) is 0.840. The average Bonchev–Trinajstić information content (AvgIpc) is 3.24. The normalized spacial score (nSPS) is 23.4. The Balaban J connectivity index is 0.00000210. The van der Waals surface area contributed by atoms with Crippen molar-refractivity contribution in [1.29, 1.82) is 0 Å². The van der Waals surface area contributed by atoms with Crippen LogP contribution in [0.1, 0.15) is 36.2 Å². The third-order valence-electron chi connectivity index (χ3n) is 5.43. The lowest BCUT2D eigenvalue weighted by Crippen LogP contribution is -2.53. The number of rotatable bonds is 4. The van der Waals surface area contributed by atoms with Gasteiger partial charge in [0.05, 0.1) is 6.04 Å². The van der Waals surface area contributed by atoms with Crippen molar-refractivity contribution in [2.75, 3.05) is 31.2 Å². The molecule has 4 rings (SSSR count). The van der Waals surface area contributed by atoms with Crippen LogP contribution in [0.15, 0.2) is 37.3 Å². The zero-order valence-corrected chi connectivity index (χ0v) is 16.1. The molecular weight excluding hydrogens is 366 g/mol. The van der Waals surface area contributed by atoms with E-state index in [2.05, 4.69) is 25.2 Å². The van der Waals surface area contributed by atoms with Crippen LogP contribution < -0.4 is 10.3 Å². The molecular formula is C18H26ClN7O. The molecule has 9 heteroatoms. The lowest BCUT2D eigenvalue weighted by atomic mass is 9.89. The molecule has 146 valence electrons. The Morgan fingerprint density at radius 1 is 1.11 bits per heavy atom. The van der Waals surface area contributed by atoms with E-state index >= 15 is 0 Å². The maximum absolute atomic E-state index is 13.1. The fraction of sp³-hybridized carbons (Fsp3) is 0.556. The molecule has 1 aliphatic heterocycles. The number of nitrogens with one attached hydrogen (secondary N) is 1. The fourth-order valence-corrected chi connectivity index (χ4v) is 4.09. The maximum Gasteiger partial charge on any atom is 0.291 e. The molecule has 0 radical (unpaired) electrons. The second-order valence-corrected chi connectivity index (χ2v) is 6.94. The van der Waals surface area contributed by atoms with Crippen LogP contribution in [-0.2, 0) is 0 Å². The molecule has 8 nitrogen and oxygen atoms in total. The van der Waals surface area contributed by atoms with Crippen LogP contribution in [0.5, 0.6) is 0 Å². The number of nitrogens with zero attached hydrogens (tertiary/aromatic N) is 6. The van der Waals surface area contributed by atoms with E-state index in [0.29, 0.717) is 11.7 Å². The molecule has 1 saturated heterocycles. The molecule has 0 aromatic carbocycles. The molecule has 2 aromatic heterocycles. The number of piperazine rings is 1. The van der Waals surface area contributed by atoms with Gasteiger partial charge in [0, 0.05) is 50.8 Å². The molecule has 0 bridgehead atoms. The lowest BCUT2D eigenvalue weighted by Gasteiger charge is -2.41. The van der Waals surface area contributed by atoms with Crippen molar-refractivity contribution in [2.24, 2.45) is 0 Å². The Morgan fingerprint density at radius 3 is 2.52 bits per heavy atom. The van der Waals surface area contributed by atoms with Gasteiger partial charge in [0.2, 0.25) is 0 Å². The summed E-state index contributed by atoms with van der Waals surface area (Å²) >= 11 is 0. The number of carbonyl (C=O) groups excluding carboxylic acids is 1. The van der Waals surface area contributed by atoms with Crippen LogP contribution in [0.25, 0.3) is 0 Å². The third-order valence-corrected chi connectivity index (χ3v) is 5.43. The summed E-state index contributed by atoms with van der Waals surface area (Å²) in [5.74, 6) is -0.101. The van der Waals surface area contributed by atoms with Crippen molar-refractivity contribution in [3.8, 4) is 0 Å². The van der Waals surface area contributed by atoms with Gasteiger partial charge in [-0.1, -0.05) is 0 Å². The van der Waals surface area contributed by atoms with Crippen LogP contribution in [0.4, 0.5) is 0 Å². The average molecular weight is 392 g/mol. The van der Waals surface area contributed by atoms with Crippen LogP contribution in [0.2, 0.25) is 0 Å². The molecule has 2 aliphatic rings. The summed E-state index contributed by atoms with van der Waals surface area (Å²) < 4.78 is 1.79. The van der Waals surface area contributed by atoms with Crippen LogP contribution in [0.3, 0.4) is 0 Å². The highest BCUT2D eigenvalue weighted by Crippen LogP contribution is 2.27. The van der Waals surface area contributed by atoms with E-state index in [1.807, 2.05) is 11.2 Å². The number of hydrogen-bond donors (Lipinski definition) is 1. The minimum absolute atomic E-state index is 0. The summed E-state index contributed by atoms with van der Waals surface area (Å²) in [6.45, 7) is 4.40. The SMILES string of the molecule is Cl.O=C(c1ccncn1)N(C1CCC(N2CCNCC2)CC1)n1ccnc1. The Hall–Kier alpha value is -2.03. The van der Waals surface area contributed by atoms with Gasteiger partial charge in [-0.2, -0.15) is 0 Å². The molecule has 1 saturated carbocycles. The van der Waals surface area contributed by atoms with E-state index in [4.69, 9.17) is 0 Å². The molecule has 1 N–H and O–H groups in total.